The summed E-state index contributed by atoms with van der Waals surface area (Å²) in [5.74, 6) is 0. The number of anilines is 2. The van der Waals surface area contributed by atoms with E-state index in [9.17, 15) is 0 Å². The Hall–Kier alpha value is -1.29. The van der Waals surface area contributed by atoms with E-state index in [1.165, 1.54) is 12.8 Å². The van der Waals surface area contributed by atoms with Gasteiger partial charge in [-0.1, -0.05) is 0 Å². The first-order chi connectivity index (χ1) is 8.63. The first-order valence-electron chi connectivity index (χ1n) is 6.70. The zero-order chi connectivity index (χ0) is 13.4. The Kier molecular flexibility index (Phi) is 6.50. The number of hydrogen-bond acceptors (Lipinski definition) is 4. The van der Waals surface area contributed by atoms with Crippen molar-refractivity contribution in [3.8, 4) is 0 Å². The van der Waals surface area contributed by atoms with Crippen molar-refractivity contribution in [1.29, 1.82) is 0 Å². The minimum absolute atomic E-state index is 0.634. The van der Waals surface area contributed by atoms with Crippen LogP contribution in [0.4, 0.5) is 11.4 Å². The van der Waals surface area contributed by atoms with E-state index in [1.54, 1.807) is 0 Å². The summed E-state index contributed by atoms with van der Waals surface area (Å²) >= 11 is 0. The summed E-state index contributed by atoms with van der Waals surface area (Å²) in [7, 11) is 4.08. The van der Waals surface area contributed by atoms with Crippen LogP contribution in [0.3, 0.4) is 0 Å². The van der Waals surface area contributed by atoms with Gasteiger partial charge >= 0.3 is 0 Å². The van der Waals surface area contributed by atoms with Crippen LogP contribution in [0.2, 0.25) is 0 Å². The van der Waals surface area contributed by atoms with Crippen LogP contribution in [0.5, 0.6) is 0 Å². The highest BCUT2D eigenvalue weighted by Crippen LogP contribution is 2.12. The molecule has 0 radical (unpaired) electrons. The molecular weight excluding hydrogens is 224 g/mol. The van der Waals surface area contributed by atoms with Crippen LogP contribution in [0.15, 0.2) is 18.5 Å². The van der Waals surface area contributed by atoms with Gasteiger partial charge in [0, 0.05) is 19.6 Å². The maximum Gasteiger partial charge on any atom is 0.0547 e. The van der Waals surface area contributed by atoms with E-state index in [0.717, 1.165) is 24.5 Å². The van der Waals surface area contributed by atoms with Crippen LogP contribution in [-0.2, 0) is 0 Å². The van der Waals surface area contributed by atoms with E-state index in [-0.39, 0.29) is 0 Å². The molecule has 0 atom stereocenters. The van der Waals surface area contributed by atoms with Gasteiger partial charge in [0.2, 0.25) is 0 Å². The summed E-state index contributed by atoms with van der Waals surface area (Å²) in [6.45, 7) is 6.62. The molecule has 4 heteroatoms. The predicted molar refractivity (Wildman–Crippen MR) is 79.3 cm³/mol. The lowest BCUT2D eigenvalue weighted by Crippen LogP contribution is -2.27. The maximum absolute atomic E-state index is 4.17. The fraction of sp³-hybridized carbons (Fsp3) is 0.643. The number of nitrogens with zero attached hydrogens (tertiary/aromatic N) is 2. The van der Waals surface area contributed by atoms with Crippen molar-refractivity contribution in [2.24, 2.45) is 0 Å². The zero-order valence-electron chi connectivity index (χ0n) is 12.0. The molecule has 0 saturated carbocycles. The summed E-state index contributed by atoms with van der Waals surface area (Å²) in [4.78, 5) is 6.55. The largest absolute Gasteiger partial charge is 0.387 e. The van der Waals surface area contributed by atoms with Crippen molar-refractivity contribution in [3.63, 3.8) is 0 Å². The Morgan fingerprint density at radius 3 is 2.61 bits per heavy atom. The minimum atomic E-state index is 0.634. The SMILES string of the molecule is CNc1cncc(NCCCCN(C)C(C)C)c1. The maximum atomic E-state index is 4.17. The Bertz CT molecular complexity index is 338. The monoisotopic (exact) mass is 250 g/mol. The fourth-order valence-electron chi connectivity index (χ4n) is 1.65. The topological polar surface area (TPSA) is 40.2 Å². The average molecular weight is 250 g/mol. The third kappa shape index (κ3) is 5.36. The average Bonchev–Trinajstić information content (AvgIpc) is 2.38. The van der Waals surface area contributed by atoms with Crippen LogP contribution in [0.25, 0.3) is 0 Å². The van der Waals surface area contributed by atoms with Crippen LogP contribution in [0, 0.1) is 0 Å². The lowest BCUT2D eigenvalue weighted by Gasteiger charge is -2.20. The predicted octanol–water partition coefficient (Wildman–Crippen LogP) is 2.66. The molecule has 0 amide bonds. The number of aromatic nitrogens is 1. The minimum Gasteiger partial charge on any atom is -0.387 e. The second-order valence-corrected chi connectivity index (χ2v) is 4.92. The molecule has 0 aliphatic rings. The third-order valence-electron chi connectivity index (χ3n) is 3.18. The van der Waals surface area contributed by atoms with E-state index in [0.29, 0.717) is 6.04 Å². The van der Waals surface area contributed by atoms with Gasteiger partial charge in [0.1, 0.15) is 0 Å². The molecule has 0 unspecified atom stereocenters. The molecule has 2 N–H and O–H groups in total. The lowest BCUT2D eigenvalue weighted by molar-refractivity contribution is 0.269. The Morgan fingerprint density at radius 1 is 1.22 bits per heavy atom. The van der Waals surface area contributed by atoms with Crippen LogP contribution >= 0.6 is 0 Å². The van der Waals surface area contributed by atoms with Gasteiger partial charge in [0.25, 0.3) is 0 Å². The Labute approximate surface area is 111 Å². The van der Waals surface area contributed by atoms with Gasteiger partial charge in [-0.15, -0.1) is 0 Å². The molecule has 0 aliphatic carbocycles. The third-order valence-corrected chi connectivity index (χ3v) is 3.18. The number of nitrogens with one attached hydrogen (secondary N) is 2. The first kappa shape index (κ1) is 14.8. The summed E-state index contributed by atoms with van der Waals surface area (Å²) < 4.78 is 0. The quantitative estimate of drug-likeness (QED) is 0.696. The van der Waals surface area contributed by atoms with Gasteiger partial charge in [0.15, 0.2) is 0 Å². The molecule has 0 aliphatic heterocycles. The fourth-order valence-corrected chi connectivity index (χ4v) is 1.65. The molecule has 18 heavy (non-hydrogen) atoms. The summed E-state index contributed by atoms with van der Waals surface area (Å²) in [5, 5.41) is 6.49. The van der Waals surface area contributed by atoms with Gasteiger partial charge < -0.3 is 15.5 Å². The van der Waals surface area contributed by atoms with Crippen LogP contribution in [0.1, 0.15) is 26.7 Å². The first-order valence-corrected chi connectivity index (χ1v) is 6.70. The zero-order valence-corrected chi connectivity index (χ0v) is 12.0. The molecule has 1 aromatic heterocycles. The second kappa shape index (κ2) is 7.93. The molecule has 1 rings (SSSR count). The number of pyridine rings is 1. The Balaban J connectivity index is 2.17. The Morgan fingerprint density at radius 2 is 1.94 bits per heavy atom. The van der Waals surface area contributed by atoms with Crippen molar-refractivity contribution < 1.29 is 0 Å². The molecule has 0 saturated heterocycles. The highest BCUT2D eigenvalue weighted by atomic mass is 15.1. The molecule has 0 aromatic carbocycles. The van der Waals surface area contributed by atoms with Crippen molar-refractivity contribution in [3.05, 3.63) is 18.5 Å². The summed E-state index contributed by atoms with van der Waals surface area (Å²) in [5.41, 5.74) is 2.12. The molecule has 1 heterocycles. The normalized spacial score (nSPS) is 11.0. The molecule has 0 spiro atoms. The molecule has 0 bridgehead atoms. The molecule has 1 aromatic rings. The van der Waals surface area contributed by atoms with E-state index < -0.39 is 0 Å². The molecule has 102 valence electrons. The van der Waals surface area contributed by atoms with E-state index in [2.05, 4.69) is 47.5 Å². The molecular formula is C14H26N4. The molecule has 4 nitrogen and oxygen atoms in total. The number of rotatable bonds is 8. The van der Waals surface area contributed by atoms with Crippen molar-refractivity contribution in [2.45, 2.75) is 32.7 Å². The van der Waals surface area contributed by atoms with Gasteiger partial charge in [-0.05, 0) is 46.3 Å². The smallest absolute Gasteiger partial charge is 0.0547 e. The standard InChI is InChI=1S/C14H26N4/c1-12(2)18(4)8-6-5-7-17-14-9-13(15-3)10-16-11-14/h9-12,15,17H,5-8H2,1-4H3. The van der Waals surface area contributed by atoms with Gasteiger partial charge in [-0.2, -0.15) is 0 Å². The van der Waals surface area contributed by atoms with Crippen molar-refractivity contribution >= 4 is 11.4 Å². The van der Waals surface area contributed by atoms with Gasteiger partial charge in [-0.25, -0.2) is 0 Å². The number of hydrogen-bond donors (Lipinski definition) is 2. The van der Waals surface area contributed by atoms with Crippen LogP contribution in [-0.4, -0.2) is 43.1 Å². The second-order valence-electron chi connectivity index (χ2n) is 4.92. The van der Waals surface area contributed by atoms with E-state index >= 15 is 0 Å². The van der Waals surface area contributed by atoms with E-state index in [1.807, 2.05) is 19.4 Å². The van der Waals surface area contributed by atoms with Gasteiger partial charge in [-0.3, -0.25) is 4.98 Å². The molecule has 0 fully saturated rings. The number of unbranched alkanes of at least 4 members (excludes halogenated alkanes) is 1. The van der Waals surface area contributed by atoms with Crippen molar-refractivity contribution in [1.82, 2.24) is 9.88 Å². The van der Waals surface area contributed by atoms with E-state index in [4.69, 9.17) is 0 Å². The van der Waals surface area contributed by atoms with Crippen molar-refractivity contribution in [2.75, 3.05) is 37.8 Å². The highest BCUT2D eigenvalue weighted by molar-refractivity contribution is 5.53. The highest BCUT2D eigenvalue weighted by Gasteiger charge is 2.01. The summed E-state index contributed by atoms with van der Waals surface area (Å²) in [6.07, 6.45) is 6.09. The lowest BCUT2D eigenvalue weighted by atomic mass is 10.2. The summed E-state index contributed by atoms with van der Waals surface area (Å²) in [6, 6.07) is 2.71. The van der Waals surface area contributed by atoms with Crippen LogP contribution < -0.4 is 10.6 Å². The van der Waals surface area contributed by atoms with Gasteiger partial charge in [0.05, 0.1) is 23.8 Å².